The quantitative estimate of drug-likeness (QED) is 0.759. The minimum absolute atomic E-state index is 0.0539. The van der Waals surface area contributed by atoms with E-state index in [1.807, 2.05) is 13.8 Å². The van der Waals surface area contributed by atoms with Gasteiger partial charge in [0.05, 0.1) is 7.11 Å². The molecule has 120 valence electrons. The first kappa shape index (κ1) is 15.4. The zero-order valence-corrected chi connectivity index (χ0v) is 13.4. The van der Waals surface area contributed by atoms with Crippen LogP contribution in [-0.4, -0.2) is 22.3 Å². The number of halogens is 1. The van der Waals surface area contributed by atoms with Crippen molar-refractivity contribution in [2.75, 3.05) is 7.11 Å². The molecule has 0 radical (unpaired) electrons. The summed E-state index contributed by atoms with van der Waals surface area (Å²) in [6, 6.07) is 6.55. The number of methoxy groups -OCH3 is 1. The number of aromatic nitrogens is 3. The van der Waals surface area contributed by atoms with E-state index in [0.29, 0.717) is 17.9 Å². The van der Waals surface area contributed by atoms with Crippen molar-refractivity contribution in [1.82, 2.24) is 20.5 Å². The second kappa shape index (κ2) is 6.34. The Morgan fingerprint density at radius 2 is 2.17 bits per heavy atom. The van der Waals surface area contributed by atoms with Crippen LogP contribution in [0.15, 0.2) is 30.5 Å². The zero-order valence-electron chi connectivity index (χ0n) is 13.4. The second-order valence-electron chi connectivity index (χ2n) is 5.55. The molecular weight excluding hydrogens is 295 g/mol. The number of aryl methyl sites for hydroxylation is 1. The van der Waals surface area contributed by atoms with Crippen LogP contribution in [0.5, 0.6) is 5.75 Å². The normalized spacial score (nSPS) is 12.5. The Hall–Kier alpha value is -2.47. The van der Waals surface area contributed by atoms with Gasteiger partial charge in [-0.05, 0) is 43.7 Å². The van der Waals surface area contributed by atoms with Crippen LogP contribution in [0.3, 0.4) is 0 Å². The fourth-order valence-corrected chi connectivity index (χ4v) is 2.58. The number of H-pyrrole nitrogens is 1. The van der Waals surface area contributed by atoms with E-state index in [-0.39, 0.29) is 11.9 Å². The monoisotopic (exact) mass is 314 g/mol. The van der Waals surface area contributed by atoms with Gasteiger partial charge in [0.25, 0.3) is 0 Å². The minimum Gasteiger partial charge on any atom is -0.496 e. The lowest BCUT2D eigenvalue weighted by atomic mass is 10.1. The predicted octanol–water partition coefficient (Wildman–Crippen LogP) is 3.26. The number of benzene rings is 1. The summed E-state index contributed by atoms with van der Waals surface area (Å²) >= 11 is 0. The third kappa shape index (κ3) is 3.17. The molecule has 0 unspecified atom stereocenters. The standard InChI is InChI=1S/C17H19FN4O/c1-10(14-7-13(18)4-5-16(14)23-3)19-8-12-6-15-11(2)21-22-17(15)20-9-12/h4-7,9-10,19H,8H2,1-3H3,(H,20,21,22)/t10-/m1/s1. The first-order valence-corrected chi connectivity index (χ1v) is 7.45. The molecule has 0 spiro atoms. The molecule has 3 rings (SSSR count). The summed E-state index contributed by atoms with van der Waals surface area (Å²) in [5.41, 5.74) is 3.55. The van der Waals surface area contributed by atoms with E-state index < -0.39 is 0 Å². The van der Waals surface area contributed by atoms with Gasteiger partial charge in [0.15, 0.2) is 5.65 Å². The zero-order chi connectivity index (χ0) is 16.4. The predicted molar refractivity (Wildman–Crippen MR) is 86.8 cm³/mol. The Bertz CT molecular complexity index is 831. The Labute approximate surface area is 133 Å². The highest BCUT2D eigenvalue weighted by Crippen LogP contribution is 2.26. The highest BCUT2D eigenvalue weighted by atomic mass is 19.1. The van der Waals surface area contributed by atoms with Crippen molar-refractivity contribution < 1.29 is 9.13 Å². The summed E-state index contributed by atoms with van der Waals surface area (Å²) in [5.74, 6) is 0.400. The first-order chi connectivity index (χ1) is 11.1. The van der Waals surface area contributed by atoms with E-state index in [0.717, 1.165) is 22.2 Å². The van der Waals surface area contributed by atoms with Gasteiger partial charge < -0.3 is 10.1 Å². The van der Waals surface area contributed by atoms with Gasteiger partial charge in [-0.3, -0.25) is 5.10 Å². The summed E-state index contributed by atoms with van der Waals surface area (Å²) in [7, 11) is 1.59. The van der Waals surface area contributed by atoms with Gasteiger partial charge in [-0.25, -0.2) is 9.37 Å². The van der Waals surface area contributed by atoms with Crippen LogP contribution in [0, 0.1) is 12.7 Å². The molecule has 0 aliphatic heterocycles. The average molecular weight is 314 g/mol. The molecule has 2 heterocycles. The van der Waals surface area contributed by atoms with E-state index >= 15 is 0 Å². The fraction of sp³-hybridized carbons (Fsp3) is 0.294. The first-order valence-electron chi connectivity index (χ1n) is 7.45. The van der Waals surface area contributed by atoms with Crippen molar-refractivity contribution in [3.63, 3.8) is 0 Å². The highest BCUT2D eigenvalue weighted by molar-refractivity contribution is 5.77. The molecule has 0 aliphatic carbocycles. The van der Waals surface area contributed by atoms with Crippen LogP contribution in [0.4, 0.5) is 4.39 Å². The minimum atomic E-state index is -0.272. The largest absolute Gasteiger partial charge is 0.496 e. The van der Waals surface area contributed by atoms with E-state index in [1.54, 1.807) is 19.4 Å². The van der Waals surface area contributed by atoms with Crippen LogP contribution in [-0.2, 0) is 6.54 Å². The van der Waals surface area contributed by atoms with Gasteiger partial charge >= 0.3 is 0 Å². The molecule has 2 aromatic heterocycles. The highest BCUT2D eigenvalue weighted by Gasteiger charge is 2.13. The Morgan fingerprint density at radius 1 is 1.35 bits per heavy atom. The second-order valence-corrected chi connectivity index (χ2v) is 5.55. The molecule has 3 aromatic rings. The van der Waals surface area contributed by atoms with Crippen molar-refractivity contribution in [3.8, 4) is 5.75 Å². The summed E-state index contributed by atoms with van der Waals surface area (Å²) in [4.78, 5) is 4.33. The number of hydrogen-bond acceptors (Lipinski definition) is 4. The van der Waals surface area contributed by atoms with Gasteiger partial charge in [0.2, 0.25) is 0 Å². The van der Waals surface area contributed by atoms with Gasteiger partial charge in [0.1, 0.15) is 11.6 Å². The Kier molecular flexibility index (Phi) is 4.25. The smallest absolute Gasteiger partial charge is 0.181 e. The number of nitrogens with zero attached hydrogens (tertiary/aromatic N) is 2. The molecule has 6 heteroatoms. The van der Waals surface area contributed by atoms with E-state index in [9.17, 15) is 4.39 Å². The topological polar surface area (TPSA) is 62.8 Å². The number of ether oxygens (including phenoxy) is 1. The molecule has 2 N–H and O–H groups in total. The molecule has 0 bridgehead atoms. The summed E-state index contributed by atoms with van der Waals surface area (Å²) in [6.45, 7) is 4.56. The maximum atomic E-state index is 13.5. The average Bonchev–Trinajstić information content (AvgIpc) is 2.93. The molecular formula is C17H19FN4O. The molecule has 0 amide bonds. The fourth-order valence-electron chi connectivity index (χ4n) is 2.58. The van der Waals surface area contributed by atoms with E-state index in [2.05, 4.69) is 26.6 Å². The van der Waals surface area contributed by atoms with Crippen molar-refractivity contribution >= 4 is 11.0 Å². The number of hydrogen-bond donors (Lipinski definition) is 2. The maximum Gasteiger partial charge on any atom is 0.181 e. The van der Waals surface area contributed by atoms with Crippen molar-refractivity contribution in [2.24, 2.45) is 0 Å². The number of pyridine rings is 1. The molecule has 23 heavy (non-hydrogen) atoms. The summed E-state index contributed by atoms with van der Waals surface area (Å²) < 4.78 is 18.8. The molecule has 1 aromatic carbocycles. The number of rotatable bonds is 5. The summed E-state index contributed by atoms with van der Waals surface area (Å²) in [5, 5.41) is 11.4. The van der Waals surface area contributed by atoms with E-state index in [4.69, 9.17) is 4.74 Å². The van der Waals surface area contributed by atoms with Crippen LogP contribution in [0.2, 0.25) is 0 Å². The number of nitrogens with one attached hydrogen (secondary N) is 2. The number of fused-ring (bicyclic) bond motifs is 1. The Balaban J connectivity index is 1.76. The van der Waals surface area contributed by atoms with Gasteiger partial charge in [-0.2, -0.15) is 5.10 Å². The lowest BCUT2D eigenvalue weighted by molar-refractivity contribution is 0.399. The maximum absolute atomic E-state index is 13.5. The SMILES string of the molecule is COc1ccc(F)cc1[C@@H](C)NCc1cnc2n[nH]c(C)c2c1. The third-order valence-corrected chi connectivity index (χ3v) is 3.93. The molecule has 1 atom stereocenters. The number of aromatic amines is 1. The lowest BCUT2D eigenvalue weighted by Gasteiger charge is -2.17. The molecule has 0 saturated heterocycles. The molecule has 0 fully saturated rings. The molecule has 5 nitrogen and oxygen atoms in total. The summed E-state index contributed by atoms with van der Waals surface area (Å²) in [6.07, 6.45) is 1.80. The van der Waals surface area contributed by atoms with E-state index in [1.165, 1.54) is 12.1 Å². The van der Waals surface area contributed by atoms with Crippen LogP contribution in [0.25, 0.3) is 11.0 Å². The van der Waals surface area contributed by atoms with Crippen LogP contribution >= 0.6 is 0 Å². The van der Waals surface area contributed by atoms with Gasteiger partial charge in [-0.1, -0.05) is 0 Å². The van der Waals surface area contributed by atoms with Crippen molar-refractivity contribution in [3.05, 3.63) is 53.1 Å². The van der Waals surface area contributed by atoms with Crippen molar-refractivity contribution in [2.45, 2.75) is 26.4 Å². The Morgan fingerprint density at radius 3 is 2.96 bits per heavy atom. The van der Waals surface area contributed by atoms with Crippen LogP contribution in [0.1, 0.15) is 29.8 Å². The van der Waals surface area contributed by atoms with Crippen molar-refractivity contribution in [1.29, 1.82) is 0 Å². The van der Waals surface area contributed by atoms with Gasteiger partial charge in [-0.15, -0.1) is 0 Å². The lowest BCUT2D eigenvalue weighted by Crippen LogP contribution is -2.19. The molecule has 0 saturated carbocycles. The third-order valence-electron chi connectivity index (χ3n) is 3.93. The van der Waals surface area contributed by atoms with Crippen LogP contribution < -0.4 is 10.1 Å². The molecule has 0 aliphatic rings. The van der Waals surface area contributed by atoms with Gasteiger partial charge in [0, 0.05) is 35.4 Å².